The first-order valence-corrected chi connectivity index (χ1v) is 6.22. The van der Waals surface area contributed by atoms with Gasteiger partial charge in [0.05, 0.1) is 5.41 Å². The van der Waals surface area contributed by atoms with Gasteiger partial charge in [-0.15, -0.1) is 0 Å². The normalized spacial score (nSPS) is 27.1. The minimum Gasteiger partial charge on any atom is -0.355 e. The Kier molecular flexibility index (Phi) is 2.59. The van der Waals surface area contributed by atoms with Gasteiger partial charge in [-0.1, -0.05) is 0 Å². The van der Waals surface area contributed by atoms with Gasteiger partial charge in [0.25, 0.3) is 0 Å². The van der Waals surface area contributed by atoms with Gasteiger partial charge in [-0.05, 0) is 43.6 Å². The molecule has 1 spiro atoms. The van der Waals surface area contributed by atoms with Crippen molar-refractivity contribution in [3.05, 3.63) is 30.1 Å². The number of nitrogens with zero attached hydrogens (tertiary/aromatic N) is 1. The lowest BCUT2D eigenvalue weighted by Gasteiger charge is -2.36. The predicted octanol–water partition coefficient (Wildman–Crippen LogP) is 0.665. The quantitative estimate of drug-likeness (QED) is 0.746. The van der Waals surface area contributed by atoms with Gasteiger partial charge in [-0.25, -0.2) is 0 Å². The summed E-state index contributed by atoms with van der Waals surface area (Å²) < 4.78 is 0. The summed E-state index contributed by atoms with van der Waals surface area (Å²) in [6.45, 7) is 2.65. The molecule has 2 N–H and O–H groups in total. The fraction of sp³-hybridized carbons (Fsp3) is 0.538. The van der Waals surface area contributed by atoms with Crippen LogP contribution in [-0.4, -0.2) is 30.5 Å². The highest BCUT2D eigenvalue weighted by atomic mass is 16.2. The third-order valence-electron chi connectivity index (χ3n) is 4.19. The van der Waals surface area contributed by atoms with Gasteiger partial charge in [0, 0.05) is 24.9 Å². The van der Waals surface area contributed by atoms with Crippen LogP contribution in [0, 0.1) is 5.41 Å². The largest absolute Gasteiger partial charge is 0.355 e. The Labute approximate surface area is 101 Å². The van der Waals surface area contributed by atoms with Crippen LogP contribution in [0.5, 0.6) is 0 Å². The number of carbonyl (C=O) groups is 1. The second-order valence-corrected chi connectivity index (χ2v) is 4.95. The zero-order chi connectivity index (χ0) is 11.7. The number of pyridine rings is 1. The number of rotatable bonds is 1. The molecule has 4 nitrogen and oxygen atoms in total. The predicted molar refractivity (Wildman–Crippen MR) is 64.5 cm³/mol. The Morgan fingerprint density at radius 3 is 2.65 bits per heavy atom. The highest BCUT2D eigenvalue weighted by Gasteiger charge is 2.50. The van der Waals surface area contributed by atoms with Gasteiger partial charge >= 0.3 is 0 Å². The van der Waals surface area contributed by atoms with Crippen molar-refractivity contribution < 1.29 is 4.79 Å². The van der Waals surface area contributed by atoms with Crippen molar-refractivity contribution in [2.45, 2.75) is 18.8 Å². The molecule has 0 unspecified atom stereocenters. The van der Waals surface area contributed by atoms with Crippen LogP contribution in [0.1, 0.15) is 24.3 Å². The summed E-state index contributed by atoms with van der Waals surface area (Å²) >= 11 is 0. The Balaban J connectivity index is 1.96. The molecule has 3 rings (SSSR count). The third-order valence-corrected chi connectivity index (χ3v) is 4.19. The molecule has 0 radical (unpaired) electrons. The van der Waals surface area contributed by atoms with E-state index in [0.717, 1.165) is 32.5 Å². The van der Waals surface area contributed by atoms with Gasteiger partial charge < -0.3 is 10.6 Å². The first-order chi connectivity index (χ1) is 8.33. The fourth-order valence-corrected chi connectivity index (χ4v) is 3.21. The molecule has 3 heterocycles. The number of piperidine rings is 1. The van der Waals surface area contributed by atoms with Crippen molar-refractivity contribution in [2.75, 3.05) is 19.6 Å². The van der Waals surface area contributed by atoms with Crippen molar-refractivity contribution in [3.63, 3.8) is 0 Å². The van der Waals surface area contributed by atoms with Crippen LogP contribution in [0.2, 0.25) is 0 Å². The van der Waals surface area contributed by atoms with Crippen molar-refractivity contribution in [3.8, 4) is 0 Å². The Morgan fingerprint density at radius 2 is 1.94 bits per heavy atom. The van der Waals surface area contributed by atoms with Crippen LogP contribution in [0.4, 0.5) is 0 Å². The molecule has 17 heavy (non-hydrogen) atoms. The van der Waals surface area contributed by atoms with E-state index in [1.807, 2.05) is 24.5 Å². The molecule has 2 aliphatic heterocycles. The van der Waals surface area contributed by atoms with E-state index in [1.54, 1.807) is 0 Å². The lowest BCUT2D eigenvalue weighted by atomic mass is 9.68. The molecule has 1 atom stereocenters. The summed E-state index contributed by atoms with van der Waals surface area (Å²) in [5.41, 5.74) is 1.05. The monoisotopic (exact) mass is 231 g/mol. The first kappa shape index (κ1) is 10.7. The standard InChI is InChI=1S/C13H17N3O/c17-12-13(3-7-15-8-4-13)11(9-16-12)10-1-5-14-6-2-10/h1-2,5-6,11,15H,3-4,7-9H2,(H,16,17)/t11-/m0/s1. The van der Waals surface area contributed by atoms with Crippen LogP contribution < -0.4 is 10.6 Å². The molecule has 2 saturated heterocycles. The zero-order valence-corrected chi connectivity index (χ0v) is 9.78. The molecule has 1 aromatic rings. The van der Waals surface area contributed by atoms with Crippen molar-refractivity contribution >= 4 is 5.91 Å². The average molecular weight is 231 g/mol. The van der Waals surface area contributed by atoms with Crippen LogP contribution >= 0.6 is 0 Å². The van der Waals surface area contributed by atoms with Crippen LogP contribution in [0.3, 0.4) is 0 Å². The fourth-order valence-electron chi connectivity index (χ4n) is 3.21. The van der Waals surface area contributed by atoms with E-state index in [-0.39, 0.29) is 11.3 Å². The van der Waals surface area contributed by atoms with Crippen LogP contribution in [0.25, 0.3) is 0 Å². The maximum absolute atomic E-state index is 12.2. The van der Waals surface area contributed by atoms with E-state index in [4.69, 9.17) is 0 Å². The molecular formula is C13H17N3O. The lowest BCUT2D eigenvalue weighted by Crippen LogP contribution is -2.44. The SMILES string of the molecule is O=C1NC[C@@H](c2ccncc2)C12CCNCC2. The highest BCUT2D eigenvalue weighted by Crippen LogP contribution is 2.46. The topological polar surface area (TPSA) is 54.0 Å². The Morgan fingerprint density at radius 1 is 1.24 bits per heavy atom. The highest BCUT2D eigenvalue weighted by molar-refractivity contribution is 5.86. The summed E-state index contributed by atoms with van der Waals surface area (Å²) in [7, 11) is 0. The summed E-state index contributed by atoms with van der Waals surface area (Å²) in [5.74, 6) is 0.543. The van der Waals surface area contributed by atoms with E-state index in [2.05, 4.69) is 15.6 Å². The van der Waals surface area contributed by atoms with Gasteiger partial charge in [-0.3, -0.25) is 9.78 Å². The van der Waals surface area contributed by atoms with Crippen molar-refractivity contribution in [1.29, 1.82) is 0 Å². The molecule has 0 saturated carbocycles. The van der Waals surface area contributed by atoms with E-state index >= 15 is 0 Å². The molecule has 90 valence electrons. The summed E-state index contributed by atoms with van der Waals surface area (Å²) in [5, 5.41) is 6.38. The molecule has 2 fully saturated rings. The first-order valence-electron chi connectivity index (χ1n) is 6.22. The second kappa shape index (κ2) is 4.11. The molecule has 0 aliphatic carbocycles. The van der Waals surface area contributed by atoms with Crippen LogP contribution in [0.15, 0.2) is 24.5 Å². The maximum Gasteiger partial charge on any atom is 0.227 e. The van der Waals surface area contributed by atoms with E-state index < -0.39 is 0 Å². The van der Waals surface area contributed by atoms with Gasteiger partial charge in [0.1, 0.15) is 0 Å². The van der Waals surface area contributed by atoms with Crippen molar-refractivity contribution in [2.24, 2.45) is 5.41 Å². The summed E-state index contributed by atoms with van der Waals surface area (Å²) in [6.07, 6.45) is 5.50. The third kappa shape index (κ3) is 1.63. The number of amides is 1. The second-order valence-electron chi connectivity index (χ2n) is 4.95. The number of aromatic nitrogens is 1. The zero-order valence-electron chi connectivity index (χ0n) is 9.78. The van der Waals surface area contributed by atoms with Gasteiger partial charge in [0.2, 0.25) is 5.91 Å². The molecule has 1 aromatic heterocycles. The molecule has 1 amide bonds. The maximum atomic E-state index is 12.2. The lowest BCUT2D eigenvalue weighted by molar-refractivity contribution is -0.129. The molecular weight excluding hydrogens is 214 g/mol. The number of carbonyl (C=O) groups excluding carboxylic acids is 1. The molecule has 4 heteroatoms. The number of hydrogen-bond donors (Lipinski definition) is 2. The molecule has 0 aromatic carbocycles. The Bertz CT molecular complexity index is 412. The number of hydrogen-bond acceptors (Lipinski definition) is 3. The van der Waals surface area contributed by atoms with Crippen LogP contribution in [-0.2, 0) is 4.79 Å². The van der Waals surface area contributed by atoms with Gasteiger partial charge in [-0.2, -0.15) is 0 Å². The molecule has 2 aliphatic rings. The average Bonchev–Trinajstić information content (AvgIpc) is 2.69. The molecule has 0 bridgehead atoms. The summed E-state index contributed by atoms with van der Waals surface area (Å²) in [6, 6.07) is 4.07. The minimum atomic E-state index is -0.188. The van der Waals surface area contributed by atoms with E-state index in [1.165, 1.54) is 5.56 Å². The van der Waals surface area contributed by atoms with Gasteiger partial charge in [0.15, 0.2) is 0 Å². The minimum absolute atomic E-state index is 0.188. The van der Waals surface area contributed by atoms with E-state index in [0.29, 0.717) is 5.92 Å². The summed E-state index contributed by atoms with van der Waals surface area (Å²) in [4.78, 5) is 16.2. The van der Waals surface area contributed by atoms with E-state index in [9.17, 15) is 4.79 Å². The number of nitrogens with one attached hydrogen (secondary N) is 2. The Hall–Kier alpha value is -1.42. The smallest absolute Gasteiger partial charge is 0.227 e. The van der Waals surface area contributed by atoms with Crippen molar-refractivity contribution in [1.82, 2.24) is 15.6 Å².